The van der Waals surface area contributed by atoms with Crippen molar-refractivity contribution in [1.82, 2.24) is 4.90 Å². The molecule has 2 aliphatic rings. The molecular formula is C25H28N2O6. The van der Waals surface area contributed by atoms with Gasteiger partial charge in [0.25, 0.3) is 6.47 Å². The van der Waals surface area contributed by atoms with E-state index in [2.05, 4.69) is 12.1 Å². The number of hydrogen-bond acceptors (Lipinski definition) is 7. The molecule has 0 radical (unpaired) electrons. The number of nitrogens with two attached hydrogens (primary N) is 1. The Morgan fingerprint density at radius 1 is 1.09 bits per heavy atom. The summed E-state index contributed by atoms with van der Waals surface area (Å²) in [7, 11) is 0. The molecule has 0 spiro atoms. The highest BCUT2D eigenvalue weighted by Crippen LogP contribution is 2.44. The van der Waals surface area contributed by atoms with Crippen molar-refractivity contribution < 1.29 is 28.6 Å². The topological polar surface area (TPSA) is 108 Å². The fraction of sp³-hybridized carbons (Fsp3) is 0.400. The minimum Gasteiger partial charge on any atom is -0.458 e. The molecule has 2 aromatic rings. The Morgan fingerprint density at radius 3 is 2.21 bits per heavy atom. The number of rotatable bonds is 5. The van der Waals surface area contributed by atoms with Crippen LogP contribution in [0.25, 0.3) is 11.1 Å². The minimum absolute atomic E-state index is 0.0785. The van der Waals surface area contributed by atoms with E-state index >= 15 is 0 Å². The number of benzene rings is 2. The molecule has 2 aromatic carbocycles. The summed E-state index contributed by atoms with van der Waals surface area (Å²) in [5, 5.41) is 0. The van der Waals surface area contributed by atoms with Crippen molar-refractivity contribution in [3.05, 3.63) is 59.7 Å². The van der Waals surface area contributed by atoms with Crippen LogP contribution < -0.4 is 5.73 Å². The third kappa shape index (κ3) is 4.57. The van der Waals surface area contributed by atoms with Gasteiger partial charge >= 0.3 is 12.1 Å². The fourth-order valence-electron chi connectivity index (χ4n) is 4.53. The summed E-state index contributed by atoms with van der Waals surface area (Å²) in [5.41, 5.74) is 8.26. The SMILES string of the molecule is CC(C)(C)OC(=O)C1CC(N)(OC=O)CN1C(=O)OCC1c2ccccc2-c2ccccc21. The molecule has 0 bridgehead atoms. The molecule has 0 saturated carbocycles. The second-order valence-corrected chi connectivity index (χ2v) is 9.46. The van der Waals surface area contributed by atoms with Gasteiger partial charge in [0, 0.05) is 12.3 Å². The maximum atomic E-state index is 13.1. The quantitative estimate of drug-likeness (QED) is 0.321. The lowest BCUT2D eigenvalue weighted by atomic mass is 9.98. The molecule has 1 aliphatic carbocycles. The number of carbonyl (C=O) groups is 3. The van der Waals surface area contributed by atoms with Crippen molar-refractivity contribution >= 4 is 18.5 Å². The smallest absolute Gasteiger partial charge is 0.410 e. The van der Waals surface area contributed by atoms with Gasteiger partial charge in [0.05, 0.1) is 6.54 Å². The van der Waals surface area contributed by atoms with Crippen LogP contribution in [0.2, 0.25) is 0 Å². The zero-order chi connectivity index (χ0) is 23.8. The summed E-state index contributed by atoms with van der Waals surface area (Å²) in [6.07, 6.45) is -0.792. The first kappa shape index (κ1) is 22.8. The average molecular weight is 453 g/mol. The van der Waals surface area contributed by atoms with E-state index in [4.69, 9.17) is 19.9 Å². The Kier molecular flexibility index (Phi) is 5.88. The van der Waals surface area contributed by atoms with Crippen LogP contribution in [0.1, 0.15) is 44.2 Å². The maximum absolute atomic E-state index is 13.1. The van der Waals surface area contributed by atoms with E-state index in [-0.39, 0.29) is 32.0 Å². The molecule has 2 N–H and O–H groups in total. The Balaban J connectivity index is 1.53. The predicted octanol–water partition coefficient (Wildman–Crippen LogP) is 3.18. The molecule has 1 fully saturated rings. The largest absolute Gasteiger partial charge is 0.458 e. The lowest BCUT2D eigenvalue weighted by molar-refractivity contribution is -0.160. The minimum atomic E-state index is -1.49. The summed E-state index contributed by atoms with van der Waals surface area (Å²) in [4.78, 5) is 38.0. The molecule has 1 aliphatic heterocycles. The van der Waals surface area contributed by atoms with Gasteiger partial charge in [-0.3, -0.25) is 15.4 Å². The van der Waals surface area contributed by atoms with Gasteiger partial charge in [0.15, 0.2) is 5.72 Å². The third-order valence-corrected chi connectivity index (χ3v) is 5.89. The molecule has 8 heteroatoms. The van der Waals surface area contributed by atoms with E-state index < -0.39 is 29.4 Å². The summed E-state index contributed by atoms with van der Waals surface area (Å²) < 4.78 is 16.1. The van der Waals surface area contributed by atoms with Crippen molar-refractivity contribution in [3.63, 3.8) is 0 Å². The van der Waals surface area contributed by atoms with Crippen LogP contribution in [0.4, 0.5) is 4.79 Å². The highest BCUT2D eigenvalue weighted by atomic mass is 16.6. The van der Waals surface area contributed by atoms with Gasteiger partial charge in [-0.15, -0.1) is 0 Å². The van der Waals surface area contributed by atoms with Crippen molar-refractivity contribution in [2.75, 3.05) is 13.2 Å². The Hall–Kier alpha value is -3.39. The van der Waals surface area contributed by atoms with Gasteiger partial charge in [-0.05, 0) is 43.0 Å². The molecule has 1 amide bonds. The van der Waals surface area contributed by atoms with Gasteiger partial charge in [-0.1, -0.05) is 48.5 Å². The molecule has 2 unspecified atom stereocenters. The molecule has 1 saturated heterocycles. The van der Waals surface area contributed by atoms with Gasteiger partial charge in [-0.25, -0.2) is 9.59 Å². The van der Waals surface area contributed by atoms with Crippen molar-refractivity contribution in [1.29, 1.82) is 0 Å². The number of ether oxygens (including phenoxy) is 3. The summed E-state index contributed by atoms with van der Waals surface area (Å²) in [6, 6.07) is 15.0. The molecule has 33 heavy (non-hydrogen) atoms. The van der Waals surface area contributed by atoms with Crippen LogP contribution in [0.3, 0.4) is 0 Å². The number of amides is 1. The van der Waals surface area contributed by atoms with Crippen LogP contribution in [0.15, 0.2) is 48.5 Å². The van der Waals surface area contributed by atoms with E-state index in [9.17, 15) is 14.4 Å². The monoisotopic (exact) mass is 452 g/mol. The summed E-state index contributed by atoms with van der Waals surface area (Å²) >= 11 is 0. The second kappa shape index (κ2) is 8.51. The standard InChI is InChI=1S/C25H28N2O6/c1-24(2,3)33-22(29)21-12-25(26,32-15-28)14-27(21)23(30)31-13-20-18-10-6-4-8-16(18)17-9-5-7-11-19(17)20/h4-11,15,20-21H,12-14,26H2,1-3H3. The average Bonchev–Trinajstić information content (AvgIpc) is 3.27. The van der Waals surface area contributed by atoms with Crippen LogP contribution in [-0.2, 0) is 23.8 Å². The van der Waals surface area contributed by atoms with E-state index in [1.54, 1.807) is 20.8 Å². The number of likely N-dealkylation sites (tertiary alicyclic amines) is 1. The van der Waals surface area contributed by atoms with E-state index in [0.29, 0.717) is 0 Å². The summed E-state index contributed by atoms with van der Waals surface area (Å²) in [6.45, 7) is 5.33. The number of hydrogen-bond donors (Lipinski definition) is 1. The van der Waals surface area contributed by atoms with Gasteiger partial charge < -0.3 is 14.2 Å². The van der Waals surface area contributed by atoms with Crippen LogP contribution >= 0.6 is 0 Å². The molecule has 2 atom stereocenters. The lowest BCUT2D eigenvalue weighted by Gasteiger charge is -2.27. The highest BCUT2D eigenvalue weighted by Gasteiger charge is 2.50. The highest BCUT2D eigenvalue weighted by molar-refractivity contribution is 5.83. The number of esters is 1. The first-order valence-corrected chi connectivity index (χ1v) is 10.9. The molecule has 8 nitrogen and oxygen atoms in total. The lowest BCUT2D eigenvalue weighted by Crippen LogP contribution is -2.46. The Bertz CT molecular complexity index is 1030. The van der Waals surface area contributed by atoms with Gasteiger partial charge in [0.1, 0.15) is 18.2 Å². The van der Waals surface area contributed by atoms with E-state index in [0.717, 1.165) is 22.3 Å². The number of nitrogens with zero attached hydrogens (tertiary/aromatic N) is 1. The molecule has 0 aromatic heterocycles. The van der Waals surface area contributed by atoms with Crippen molar-refractivity contribution in [3.8, 4) is 11.1 Å². The zero-order valence-electron chi connectivity index (χ0n) is 18.9. The maximum Gasteiger partial charge on any atom is 0.410 e. The fourth-order valence-corrected chi connectivity index (χ4v) is 4.53. The molecule has 1 heterocycles. The molecule has 4 rings (SSSR count). The van der Waals surface area contributed by atoms with Crippen molar-refractivity contribution in [2.24, 2.45) is 5.73 Å². The Labute approximate surface area is 192 Å². The van der Waals surface area contributed by atoms with Gasteiger partial charge in [0.2, 0.25) is 0 Å². The van der Waals surface area contributed by atoms with Gasteiger partial charge in [-0.2, -0.15) is 0 Å². The molecular weight excluding hydrogens is 424 g/mol. The van der Waals surface area contributed by atoms with Crippen LogP contribution in [0.5, 0.6) is 0 Å². The van der Waals surface area contributed by atoms with Crippen molar-refractivity contribution in [2.45, 2.75) is 50.5 Å². The normalized spacial score (nSPS) is 21.8. The Morgan fingerprint density at radius 2 is 1.67 bits per heavy atom. The first-order valence-electron chi connectivity index (χ1n) is 10.9. The number of fused-ring (bicyclic) bond motifs is 3. The number of carbonyl (C=O) groups excluding carboxylic acids is 3. The van der Waals surface area contributed by atoms with Crippen LogP contribution in [-0.4, -0.2) is 54.0 Å². The zero-order valence-corrected chi connectivity index (χ0v) is 18.9. The van der Waals surface area contributed by atoms with E-state index in [1.165, 1.54) is 4.90 Å². The first-order chi connectivity index (χ1) is 15.6. The van der Waals surface area contributed by atoms with E-state index in [1.807, 2.05) is 36.4 Å². The summed E-state index contributed by atoms with van der Waals surface area (Å²) in [5.74, 6) is -0.754. The predicted molar refractivity (Wildman–Crippen MR) is 120 cm³/mol. The third-order valence-electron chi connectivity index (χ3n) is 5.89. The van der Waals surface area contributed by atoms with Crippen LogP contribution in [0, 0.1) is 0 Å². The molecule has 174 valence electrons. The second-order valence-electron chi connectivity index (χ2n) is 9.46.